The molecule has 1 amide bonds. The first kappa shape index (κ1) is 14.1. The summed E-state index contributed by atoms with van der Waals surface area (Å²) in [5.74, 6) is -0.212. The Hall–Kier alpha value is -1.27. The number of sulfone groups is 1. The van der Waals surface area contributed by atoms with Crippen molar-refractivity contribution in [3.63, 3.8) is 0 Å². The van der Waals surface area contributed by atoms with Gasteiger partial charge in [-0.3, -0.25) is 4.79 Å². The molecule has 1 aromatic carbocycles. The van der Waals surface area contributed by atoms with Crippen molar-refractivity contribution in [1.82, 2.24) is 5.32 Å². The van der Waals surface area contributed by atoms with Gasteiger partial charge in [-0.05, 0) is 25.0 Å². The summed E-state index contributed by atoms with van der Waals surface area (Å²) >= 11 is 5.96. The molecule has 1 unspecified atom stereocenters. The average molecular weight is 303 g/mol. The van der Waals surface area contributed by atoms with Crippen LogP contribution in [0, 0.1) is 0 Å². The highest BCUT2D eigenvalue weighted by atomic mass is 35.5. The second kappa shape index (κ2) is 5.38. The van der Waals surface area contributed by atoms with Crippen LogP contribution in [0.3, 0.4) is 0 Å². The van der Waals surface area contributed by atoms with Gasteiger partial charge in [0.25, 0.3) is 5.91 Å². The first-order valence-electron chi connectivity index (χ1n) is 5.94. The monoisotopic (exact) mass is 302 g/mol. The highest BCUT2D eigenvalue weighted by Crippen LogP contribution is 2.23. The van der Waals surface area contributed by atoms with Crippen molar-refractivity contribution < 1.29 is 13.2 Å². The lowest BCUT2D eigenvalue weighted by Gasteiger charge is -2.23. The SMILES string of the molecule is Nc1cccc(C(=O)NC2CCCS(=O)(=O)C2)c1Cl. The molecule has 1 saturated heterocycles. The molecule has 0 spiro atoms. The summed E-state index contributed by atoms with van der Waals surface area (Å²) in [5.41, 5.74) is 6.22. The van der Waals surface area contributed by atoms with E-state index in [4.69, 9.17) is 17.3 Å². The first-order chi connectivity index (χ1) is 8.89. The lowest BCUT2D eigenvalue weighted by atomic mass is 10.1. The summed E-state index contributed by atoms with van der Waals surface area (Å²) in [6, 6.07) is 4.44. The zero-order chi connectivity index (χ0) is 14.0. The molecule has 1 heterocycles. The third-order valence-electron chi connectivity index (χ3n) is 3.07. The molecule has 1 aliphatic rings. The van der Waals surface area contributed by atoms with E-state index in [1.807, 2.05) is 0 Å². The van der Waals surface area contributed by atoms with E-state index < -0.39 is 9.84 Å². The zero-order valence-corrected chi connectivity index (χ0v) is 11.8. The molecule has 19 heavy (non-hydrogen) atoms. The number of rotatable bonds is 2. The highest BCUT2D eigenvalue weighted by molar-refractivity contribution is 7.91. The van der Waals surface area contributed by atoms with Crippen LogP contribution in [0.2, 0.25) is 5.02 Å². The molecule has 7 heteroatoms. The predicted octanol–water partition coefficient (Wildman–Crippen LogP) is 1.23. The number of nitrogens with one attached hydrogen (secondary N) is 1. The molecule has 0 aromatic heterocycles. The van der Waals surface area contributed by atoms with Crippen LogP contribution in [0.4, 0.5) is 5.69 Å². The van der Waals surface area contributed by atoms with Crippen molar-refractivity contribution in [2.75, 3.05) is 17.2 Å². The number of amides is 1. The summed E-state index contributed by atoms with van der Waals surface area (Å²) in [7, 11) is -3.05. The van der Waals surface area contributed by atoms with Gasteiger partial charge in [-0.15, -0.1) is 0 Å². The van der Waals surface area contributed by atoms with Gasteiger partial charge in [0.2, 0.25) is 0 Å². The van der Waals surface area contributed by atoms with Crippen LogP contribution in [0.15, 0.2) is 18.2 Å². The van der Waals surface area contributed by atoms with E-state index in [1.54, 1.807) is 18.2 Å². The number of carbonyl (C=O) groups excluding carboxylic acids is 1. The molecule has 0 bridgehead atoms. The van der Waals surface area contributed by atoms with Gasteiger partial charge >= 0.3 is 0 Å². The largest absolute Gasteiger partial charge is 0.398 e. The number of nitrogens with two attached hydrogens (primary N) is 1. The molecule has 3 N–H and O–H groups in total. The van der Waals surface area contributed by atoms with E-state index >= 15 is 0 Å². The van der Waals surface area contributed by atoms with E-state index in [0.717, 1.165) is 0 Å². The van der Waals surface area contributed by atoms with Gasteiger partial charge in [-0.25, -0.2) is 8.42 Å². The van der Waals surface area contributed by atoms with E-state index in [2.05, 4.69) is 5.32 Å². The molecule has 104 valence electrons. The van der Waals surface area contributed by atoms with Gasteiger partial charge < -0.3 is 11.1 Å². The molecule has 5 nitrogen and oxygen atoms in total. The topological polar surface area (TPSA) is 89.3 Å². The van der Waals surface area contributed by atoms with E-state index in [-0.39, 0.29) is 34.0 Å². The number of carbonyl (C=O) groups is 1. The van der Waals surface area contributed by atoms with E-state index in [9.17, 15) is 13.2 Å². The zero-order valence-electron chi connectivity index (χ0n) is 10.2. The number of hydrogen-bond donors (Lipinski definition) is 2. The minimum Gasteiger partial charge on any atom is -0.398 e. The molecule has 1 aromatic rings. The fourth-order valence-corrected chi connectivity index (χ4v) is 3.97. The summed E-state index contributed by atoms with van der Waals surface area (Å²) < 4.78 is 23.0. The van der Waals surface area contributed by atoms with Crippen LogP contribution in [-0.2, 0) is 9.84 Å². The summed E-state index contributed by atoms with van der Waals surface area (Å²) in [6.07, 6.45) is 1.23. The van der Waals surface area contributed by atoms with Crippen LogP contribution in [0.25, 0.3) is 0 Å². The van der Waals surface area contributed by atoms with Crippen LogP contribution < -0.4 is 11.1 Å². The molecular formula is C12H15ClN2O3S. The Morgan fingerprint density at radius 1 is 1.42 bits per heavy atom. The van der Waals surface area contributed by atoms with Gasteiger partial charge in [0.05, 0.1) is 27.8 Å². The number of benzene rings is 1. The molecule has 0 aliphatic carbocycles. The Morgan fingerprint density at radius 2 is 2.16 bits per heavy atom. The van der Waals surface area contributed by atoms with Crippen molar-refractivity contribution in [2.45, 2.75) is 18.9 Å². The van der Waals surface area contributed by atoms with E-state index in [0.29, 0.717) is 18.5 Å². The maximum Gasteiger partial charge on any atom is 0.253 e. The maximum absolute atomic E-state index is 12.1. The van der Waals surface area contributed by atoms with E-state index in [1.165, 1.54) is 0 Å². The van der Waals surface area contributed by atoms with Crippen molar-refractivity contribution >= 4 is 33.0 Å². The van der Waals surface area contributed by atoms with Gasteiger partial charge in [-0.1, -0.05) is 17.7 Å². The number of halogens is 1. The third-order valence-corrected chi connectivity index (χ3v) is 5.31. The van der Waals surface area contributed by atoms with Gasteiger partial charge in [0.1, 0.15) is 0 Å². The number of hydrogen-bond acceptors (Lipinski definition) is 4. The lowest BCUT2D eigenvalue weighted by molar-refractivity contribution is 0.0938. The fourth-order valence-electron chi connectivity index (χ4n) is 2.13. The van der Waals surface area contributed by atoms with Crippen molar-refractivity contribution in [3.05, 3.63) is 28.8 Å². The Labute approximate surface area is 117 Å². The smallest absolute Gasteiger partial charge is 0.253 e. The Kier molecular flexibility index (Phi) is 4.01. The molecule has 0 saturated carbocycles. The fraction of sp³-hybridized carbons (Fsp3) is 0.417. The molecular weight excluding hydrogens is 288 g/mol. The van der Waals surface area contributed by atoms with Crippen LogP contribution in [-0.4, -0.2) is 31.9 Å². The minimum atomic E-state index is -3.05. The van der Waals surface area contributed by atoms with Crippen LogP contribution >= 0.6 is 11.6 Å². The quantitative estimate of drug-likeness (QED) is 0.804. The Morgan fingerprint density at radius 3 is 2.84 bits per heavy atom. The standard InChI is InChI=1S/C12H15ClN2O3S/c13-11-9(4-1-5-10(11)14)12(16)15-8-3-2-6-19(17,18)7-8/h1,4-5,8H,2-3,6-7,14H2,(H,15,16). The van der Waals surface area contributed by atoms with Gasteiger partial charge in [0, 0.05) is 6.04 Å². The lowest BCUT2D eigenvalue weighted by Crippen LogP contribution is -2.43. The molecule has 1 atom stereocenters. The molecule has 1 aliphatic heterocycles. The molecule has 2 rings (SSSR count). The number of anilines is 1. The summed E-state index contributed by atoms with van der Waals surface area (Å²) in [6.45, 7) is 0. The van der Waals surface area contributed by atoms with Crippen molar-refractivity contribution in [3.8, 4) is 0 Å². The van der Waals surface area contributed by atoms with Crippen molar-refractivity contribution in [1.29, 1.82) is 0 Å². The minimum absolute atomic E-state index is 0.0152. The summed E-state index contributed by atoms with van der Waals surface area (Å²) in [4.78, 5) is 12.1. The van der Waals surface area contributed by atoms with Gasteiger partial charge in [-0.2, -0.15) is 0 Å². The predicted molar refractivity (Wildman–Crippen MR) is 75.0 cm³/mol. The van der Waals surface area contributed by atoms with Gasteiger partial charge in [0.15, 0.2) is 9.84 Å². The highest BCUT2D eigenvalue weighted by Gasteiger charge is 2.26. The Balaban J connectivity index is 2.11. The van der Waals surface area contributed by atoms with Crippen LogP contribution in [0.1, 0.15) is 23.2 Å². The summed E-state index contributed by atoms with van der Waals surface area (Å²) in [5, 5.41) is 2.89. The van der Waals surface area contributed by atoms with Crippen molar-refractivity contribution in [2.24, 2.45) is 0 Å². The van der Waals surface area contributed by atoms with Crippen LogP contribution in [0.5, 0.6) is 0 Å². The third kappa shape index (κ3) is 3.39. The second-order valence-electron chi connectivity index (χ2n) is 4.64. The number of nitrogen functional groups attached to an aromatic ring is 1. The second-order valence-corrected chi connectivity index (χ2v) is 7.24. The molecule has 1 fully saturated rings. The molecule has 0 radical (unpaired) electrons. The maximum atomic E-state index is 12.1. The Bertz CT molecular complexity index is 601. The first-order valence-corrected chi connectivity index (χ1v) is 8.14. The average Bonchev–Trinajstić information content (AvgIpc) is 2.31. The normalized spacial score (nSPS) is 21.8.